The second kappa shape index (κ2) is 5.34. The third kappa shape index (κ3) is 2.41. The highest BCUT2D eigenvalue weighted by Gasteiger charge is 2.28. The molecule has 0 amide bonds. The Bertz CT molecular complexity index is 389. The van der Waals surface area contributed by atoms with Crippen molar-refractivity contribution in [2.45, 2.75) is 24.8 Å². The first-order valence-corrected chi connectivity index (χ1v) is 6.67. The summed E-state index contributed by atoms with van der Waals surface area (Å²) in [7, 11) is 2.10. The molecule has 0 spiro atoms. The molecule has 3 rings (SSSR count). The van der Waals surface area contributed by atoms with Crippen LogP contribution in [0, 0.1) is 0 Å². The van der Waals surface area contributed by atoms with Gasteiger partial charge in [0.2, 0.25) is 5.89 Å². The van der Waals surface area contributed by atoms with Gasteiger partial charge in [0.05, 0.1) is 18.6 Å². The molecule has 2 atom stereocenters. The predicted molar refractivity (Wildman–Crippen MR) is 65.3 cm³/mol. The van der Waals surface area contributed by atoms with Gasteiger partial charge >= 0.3 is 0 Å². The molecule has 1 N–H and O–H groups in total. The Kier molecular flexibility index (Phi) is 3.58. The Morgan fingerprint density at radius 3 is 3.17 bits per heavy atom. The van der Waals surface area contributed by atoms with Gasteiger partial charge in [0.1, 0.15) is 0 Å². The van der Waals surface area contributed by atoms with Crippen LogP contribution in [0.2, 0.25) is 0 Å². The molecule has 0 bridgehead atoms. The number of nitrogens with zero attached hydrogens (tertiary/aromatic N) is 3. The van der Waals surface area contributed by atoms with E-state index >= 15 is 0 Å². The fourth-order valence-electron chi connectivity index (χ4n) is 2.58. The lowest BCUT2D eigenvalue weighted by Crippen LogP contribution is -2.44. The number of aromatic nitrogens is 2. The van der Waals surface area contributed by atoms with Crippen LogP contribution in [0.3, 0.4) is 0 Å². The number of likely N-dealkylation sites (N-methyl/N-ethyl adjacent to an activating group) is 1. The monoisotopic (exact) mass is 252 g/mol. The van der Waals surface area contributed by atoms with Gasteiger partial charge < -0.3 is 14.6 Å². The zero-order chi connectivity index (χ0) is 12.4. The maximum absolute atomic E-state index is 5.46. The summed E-state index contributed by atoms with van der Waals surface area (Å²) in [6.07, 6.45) is 2.16. The minimum absolute atomic E-state index is 0.223. The van der Waals surface area contributed by atoms with Gasteiger partial charge in [-0.3, -0.25) is 4.90 Å². The van der Waals surface area contributed by atoms with E-state index in [2.05, 4.69) is 27.4 Å². The van der Waals surface area contributed by atoms with Crippen molar-refractivity contribution in [3.63, 3.8) is 0 Å². The molecule has 2 fully saturated rings. The minimum Gasteiger partial charge on any atom is -0.381 e. The standard InChI is InChI=1S/C12H20N4O2/c1-16-5-4-13-7-10(16)11-14-12(18-15-11)9-3-2-6-17-8-9/h9-10,13H,2-8H2,1H3. The van der Waals surface area contributed by atoms with Gasteiger partial charge in [-0.05, 0) is 19.9 Å². The van der Waals surface area contributed by atoms with Crippen LogP contribution in [0.4, 0.5) is 0 Å². The molecule has 2 saturated heterocycles. The SMILES string of the molecule is CN1CCNCC1c1noc(C2CCCOC2)n1. The van der Waals surface area contributed by atoms with Gasteiger partial charge in [0.15, 0.2) is 5.82 Å². The minimum atomic E-state index is 0.223. The first-order valence-electron chi connectivity index (χ1n) is 6.67. The van der Waals surface area contributed by atoms with Crippen LogP contribution in [-0.4, -0.2) is 54.9 Å². The fourth-order valence-corrected chi connectivity index (χ4v) is 2.58. The first-order chi connectivity index (χ1) is 8.84. The second-order valence-electron chi connectivity index (χ2n) is 5.11. The molecular formula is C12H20N4O2. The van der Waals surface area contributed by atoms with Gasteiger partial charge in [-0.1, -0.05) is 5.16 Å². The number of rotatable bonds is 2. The molecule has 1 aromatic heterocycles. The smallest absolute Gasteiger partial charge is 0.232 e. The van der Waals surface area contributed by atoms with Gasteiger partial charge in [-0.25, -0.2) is 0 Å². The van der Waals surface area contributed by atoms with Crippen molar-refractivity contribution in [1.82, 2.24) is 20.4 Å². The van der Waals surface area contributed by atoms with Crippen LogP contribution in [-0.2, 0) is 4.74 Å². The summed E-state index contributed by atoms with van der Waals surface area (Å²) < 4.78 is 10.9. The summed E-state index contributed by atoms with van der Waals surface area (Å²) in [5.74, 6) is 1.82. The summed E-state index contributed by atoms with van der Waals surface area (Å²) in [5.41, 5.74) is 0. The summed E-state index contributed by atoms with van der Waals surface area (Å²) in [4.78, 5) is 6.83. The van der Waals surface area contributed by atoms with E-state index in [9.17, 15) is 0 Å². The molecule has 0 aliphatic carbocycles. The lowest BCUT2D eigenvalue weighted by atomic mass is 10.0. The lowest BCUT2D eigenvalue weighted by Gasteiger charge is -2.30. The third-order valence-electron chi connectivity index (χ3n) is 3.78. The van der Waals surface area contributed by atoms with Crippen molar-refractivity contribution >= 4 is 0 Å². The molecule has 0 radical (unpaired) electrons. The first kappa shape index (κ1) is 12.1. The number of ether oxygens (including phenoxy) is 1. The van der Waals surface area contributed by atoms with E-state index in [0.29, 0.717) is 6.61 Å². The van der Waals surface area contributed by atoms with Crippen molar-refractivity contribution < 1.29 is 9.26 Å². The highest BCUT2D eigenvalue weighted by Crippen LogP contribution is 2.26. The summed E-state index contributed by atoms with van der Waals surface area (Å²) >= 11 is 0. The maximum atomic E-state index is 5.46. The van der Waals surface area contributed by atoms with Crippen molar-refractivity contribution in [3.05, 3.63) is 11.7 Å². The Hall–Kier alpha value is -0.980. The van der Waals surface area contributed by atoms with Crippen molar-refractivity contribution in [2.75, 3.05) is 39.9 Å². The van der Waals surface area contributed by atoms with E-state index in [-0.39, 0.29) is 12.0 Å². The van der Waals surface area contributed by atoms with Crippen LogP contribution in [0.15, 0.2) is 4.52 Å². The Labute approximate surface area is 107 Å². The summed E-state index contributed by atoms with van der Waals surface area (Å²) in [6, 6.07) is 0.223. The van der Waals surface area contributed by atoms with Crippen LogP contribution >= 0.6 is 0 Å². The average molecular weight is 252 g/mol. The molecule has 6 heteroatoms. The number of piperazine rings is 1. The maximum Gasteiger partial charge on any atom is 0.232 e. The Morgan fingerprint density at radius 2 is 2.39 bits per heavy atom. The Morgan fingerprint density at radius 1 is 1.44 bits per heavy atom. The van der Waals surface area contributed by atoms with Crippen molar-refractivity contribution in [2.24, 2.45) is 0 Å². The summed E-state index contributed by atoms with van der Waals surface area (Å²) in [5, 5.41) is 7.51. The topological polar surface area (TPSA) is 63.4 Å². The number of hydrogen-bond acceptors (Lipinski definition) is 6. The summed E-state index contributed by atoms with van der Waals surface area (Å²) in [6.45, 7) is 4.49. The Balaban J connectivity index is 1.71. The van der Waals surface area contributed by atoms with E-state index in [0.717, 1.165) is 50.8 Å². The van der Waals surface area contributed by atoms with Gasteiger partial charge in [-0.15, -0.1) is 0 Å². The molecule has 2 aliphatic rings. The molecule has 2 unspecified atom stereocenters. The molecule has 2 aliphatic heterocycles. The predicted octanol–water partition coefficient (Wildman–Crippen LogP) is 0.540. The molecule has 6 nitrogen and oxygen atoms in total. The normalized spacial score (nSPS) is 30.5. The fraction of sp³-hybridized carbons (Fsp3) is 0.833. The van der Waals surface area contributed by atoms with E-state index in [4.69, 9.17) is 9.26 Å². The zero-order valence-electron chi connectivity index (χ0n) is 10.8. The van der Waals surface area contributed by atoms with E-state index in [1.54, 1.807) is 0 Å². The molecule has 0 aromatic carbocycles. The molecule has 3 heterocycles. The van der Waals surface area contributed by atoms with Crippen molar-refractivity contribution in [3.8, 4) is 0 Å². The van der Waals surface area contributed by atoms with Crippen LogP contribution in [0.25, 0.3) is 0 Å². The largest absolute Gasteiger partial charge is 0.381 e. The lowest BCUT2D eigenvalue weighted by molar-refractivity contribution is 0.0705. The molecule has 0 saturated carbocycles. The van der Waals surface area contributed by atoms with Gasteiger partial charge in [0, 0.05) is 26.2 Å². The van der Waals surface area contributed by atoms with Crippen LogP contribution in [0.1, 0.15) is 36.5 Å². The van der Waals surface area contributed by atoms with E-state index in [1.165, 1.54) is 0 Å². The van der Waals surface area contributed by atoms with Gasteiger partial charge in [0.25, 0.3) is 0 Å². The second-order valence-corrected chi connectivity index (χ2v) is 5.11. The van der Waals surface area contributed by atoms with Gasteiger partial charge in [-0.2, -0.15) is 4.98 Å². The number of nitrogens with one attached hydrogen (secondary N) is 1. The molecule has 100 valence electrons. The molecule has 18 heavy (non-hydrogen) atoms. The highest BCUT2D eigenvalue weighted by atomic mass is 16.5. The van der Waals surface area contributed by atoms with Crippen LogP contribution in [0.5, 0.6) is 0 Å². The average Bonchev–Trinajstić information content (AvgIpc) is 2.90. The van der Waals surface area contributed by atoms with Crippen LogP contribution < -0.4 is 5.32 Å². The highest BCUT2D eigenvalue weighted by molar-refractivity contribution is 5.01. The van der Waals surface area contributed by atoms with E-state index in [1.807, 2.05) is 0 Å². The zero-order valence-corrected chi connectivity index (χ0v) is 10.8. The van der Waals surface area contributed by atoms with Crippen molar-refractivity contribution in [1.29, 1.82) is 0 Å². The third-order valence-corrected chi connectivity index (χ3v) is 3.78. The molecule has 1 aromatic rings. The number of hydrogen-bond donors (Lipinski definition) is 1. The van der Waals surface area contributed by atoms with E-state index < -0.39 is 0 Å². The molecular weight excluding hydrogens is 232 g/mol. The quantitative estimate of drug-likeness (QED) is 0.829.